The van der Waals surface area contributed by atoms with Gasteiger partial charge < -0.3 is 10.2 Å². The molecule has 2 saturated heterocycles. The lowest BCUT2D eigenvalue weighted by Crippen LogP contribution is -2.48. The molecule has 1 unspecified atom stereocenters. The van der Waals surface area contributed by atoms with Crippen molar-refractivity contribution >= 4 is 5.91 Å². The first-order valence-corrected chi connectivity index (χ1v) is 5.48. The zero-order chi connectivity index (χ0) is 10.9. The summed E-state index contributed by atoms with van der Waals surface area (Å²) in [4.78, 5) is 13.1. The van der Waals surface area contributed by atoms with Crippen LogP contribution in [0.4, 0.5) is 8.78 Å². The minimum Gasteiger partial charge on any atom is -0.335 e. The van der Waals surface area contributed by atoms with Crippen LogP contribution in [0.15, 0.2) is 0 Å². The lowest BCUT2D eigenvalue weighted by atomic mass is 10.0. The smallest absolute Gasteiger partial charge is 0.267 e. The second-order valence-electron chi connectivity index (χ2n) is 4.37. The third-order valence-electron chi connectivity index (χ3n) is 3.09. The Labute approximate surface area is 87.8 Å². The highest BCUT2D eigenvalue weighted by Crippen LogP contribution is 2.27. The second-order valence-corrected chi connectivity index (χ2v) is 4.37. The van der Waals surface area contributed by atoms with E-state index in [4.69, 9.17) is 0 Å². The summed E-state index contributed by atoms with van der Waals surface area (Å²) >= 11 is 0. The van der Waals surface area contributed by atoms with Crippen LogP contribution in [0, 0.1) is 0 Å². The number of likely N-dealkylation sites (tertiary alicyclic amines) is 1. The number of alkyl halides is 2. The van der Waals surface area contributed by atoms with E-state index >= 15 is 0 Å². The summed E-state index contributed by atoms with van der Waals surface area (Å²) in [5.41, 5.74) is 0. The van der Waals surface area contributed by atoms with Crippen LogP contribution in [-0.4, -0.2) is 42.4 Å². The van der Waals surface area contributed by atoms with Crippen molar-refractivity contribution in [1.29, 1.82) is 0 Å². The van der Waals surface area contributed by atoms with Crippen molar-refractivity contribution in [3.8, 4) is 0 Å². The van der Waals surface area contributed by atoms with Crippen LogP contribution < -0.4 is 5.32 Å². The van der Waals surface area contributed by atoms with Crippen LogP contribution in [0.5, 0.6) is 0 Å². The fourth-order valence-electron chi connectivity index (χ4n) is 2.21. The first-order chi connectivity index (χ1) is 7.08. The number of piperidine rings is 1. The molecule has 2 fully saturated rings. The lowest BCUT2D eigenvalue weighted by Gasteiger charge is -2.27. The van der Waals surface area contributed by atoms with Gasteiger partial charge in [-0.3, -0.25) is 4.79 Å². The lowest BCUT2D eigenvalue weighted by molar-refractivity contribution is -0.134. The predicted octanol–water partition coefficient (Wildman–Crippen LogP) is 0.996. The Bertz CT molecular complexity index is 252. The topological polar surface area (TPSA) is 32.3 Å². The maximum atomic E-state index is 12.9. The van der Waals surface area contributed by atoms with Crippen molar-refractivity contribution in [2.24, 2.45) is 0 Å². The Morgan fingerprint density at radius 1 is 1.40 bits per heavy atom. The molecule has 0 aromatic heterocycles. The van der Waals surface area contributed by atoms with Gasteiger partial charge in [-0.25, -0.2) is 8.78 Å². The third-order valence-corrected chi connectivity index (χ3v) is 3.09. The van der Waals surface area contributed by atoms with Crippen LogP contribution in [-0.2, 0) is 4.79 Å². The average Bonchev–Trinajstić information content (AvgIpc) is 2.59. The van der Waals surface area contributed by atoms with E-state index in [9.17, 15) is 13.6 Å². The van der Waals surface area contributed by atoms with Crippen LogP contribution >= 0.6 is 0 Å². The Morgan fingerprint density at radius 2 is 2.20 bits per heavy atom. The molecule has 2 rings (SSSR count). The van der Waals surface area contributed by atoms with E-state index in [1.54, 1.807) is 0 Å². The number of halogens is 2. The molecule has 1 atom stereocenters. The van der Waals surface area contributed by atoms with Gasteiger partial charge in [-0.15, -0.1) is 0 Å². The van der Waals surface area contributed by atoms with Crippen LogP contribution in [0.25, 0.3) is 0 Å². The molecule has 5 heteroatoms. The molecule has 15 heavy (non-hydrogen) atoms. The molecule has 0 bridgehead atoms. The van der Waals surface area contributed by atoms with E-state index in [0.29, 0.717) is 0 Å². The van der Waals surface area contributed by atoms with Gasteiger partial charge in [0.1, 0.15) is 0 Å². The minimum absolute atomic E-state index is 0.146. The monoisotopic (exact) mass is 218 g/mol. The van der Waals surface area contributed by atoms with Crippen molar-refractivity contribution in [3.05, 3.63) is 0 Å². The highest BCUT2D eigenvalue weighted by Gasteiger charge is 2.41. The zero-order valence-electron chi connectivity index (χ0n) is 8.64. The molecule has 1 N–H and O–H groups in total. The van der Waals surface area contributed by atoms with Gasteiger partial charge in [0.25, 0.3) is 5.92 Å². The molecule has 2 aliphatic heterocycles. The van der Waals surface area contributed by atoms with E-state index in [1.807, 2.05) is 0 Å². The summed E-state index contributed by atoms with van der Waals surface area (Å²) in [7, 11) is 0. The summed E-state index contributed by atoms with van der Waals surface area (Å²) in [6.45, 7) is 0.620. The molecule has 3 nitrogen and oxygen atoms in total. The highest BCUT2D eigenvalue weighted by atomic mass is 19.3. The fraction of sp³-hybridized carbons (Fsp3) is 0.900. The molecule has 0 aliphatic carbocycles. The third kappa shape index (κ3) is 2.45. The first kappa shape index (κ1) is 10.8. The average molecular weight is 218 g/mol. The van der Waals surface area contributed by atoms with E-state index in [2.05, 4.69) is 5.32 Å². The molecular weight excluding hydrogens is 202 g/mol. The standard InChI is InChI=1S/C10H16F2N2O/c11-10(12)4-6-14(7-10)9(15)8-3-1-2-5-13-8/h8,13H,1-7H2. The Hall–Kier alpha value is -0.710. The van der Waals surface area contributed by atoms with Crippen LogP contribution in [0.1, 0.15) is 25.7 Å². The van der Waals surface area contributed by atoms with Crippen molar-refractivity contribution in [2.45, 2.75) is 37.6 Å². The predicted molar refractivity (Wildman–Crippen MR) is 51.8 cm³/mol. The Kier molecular flexibility index (Phi) is 2.91. The van der Waals surface area contributed by atoms with Gasteiger partial charge in [0.15, 0.2) is 0 Å². The molecule has 0 aromatic rings. The van der Waals surface area contributed by atoms with Crippen molar-refractivity contribution in [3.63, 3.8) is 0 Å². The summed E-state index contributed by atoms with van der Waals surface area (Å²) < 4.78 is 25.8. The van der Waals surface area contributed by atoms with Gasteiger partial charge in [-0.2, -0.15) is 0 Å². The number of carbonyl (C=O) groups excluding carboxylic acids is 1. The molecule has 0 spiro atoms. The Morgan fingerprint density at radius 3 is 2.73 bits per heavy atom. The molecule has 0 saturated carbocycles. The summed E-state index contributed by atoms with van der Waals surface area (Å²) in [6.07, 6.45) is 2.67. The minimum atomic E-state index is -2.68. The second kappa shape index (κ2) is 4.04. The number of hydrogen-bond donors (Lipinski definition) is 1. The normalized spacial score (nSPS) is 30.5. The van der Waals surface area contributed by atoms with Gasteiger partial charge >= 0.3 is 0 Å². The number of rotatable bonds is 1. The van der Waals surface area contributed by atoms with Gasteiger partial charge in [-0.1, -0.05) is 6.42 Å². The van der Waals surface area contributed by atoms with Gasteiger partial charge in [-0.05, 0) is 19.4 Å². The van der Waals surface area contributed by atoms with E-state index < -0.39 is 12.5 Å². The fourth-order valence-corrected chi connectivity index (χ4v) is 2.21. The van der Waals surface area contributed by atoms with E-state index in [-0.39, 0.29) is 24.9 Å². The summed E-state index contributed by atoms with van der Waals surface area (Å²) in [5, 5.41) is 3.09. The molecule has 86 valence electrons. The van der Waals surface area contributed by atoms with Crippen molar-refractivity contribution in [2.75, 3.05) is 19.6 Å². The quantitative estimate of drug-likeness (QED) is 0.712. The summed E-state index contributed by atoms with van der Waals surface area (Å²) in [6, 6.07) is -0.229. The number of carbonyl (C=O) groups is 1. The van der Waals surface area contributed by atoms with Crippen LogP contribution in [0.3, 0.4) is 0 Å². The molecule has 2 heterocycles. The van der Waals surface area contributed by atoms with Crippen molar-refractivity contribution in [1.82, 2.24) is 10.2 Å². The van der Waals surface area contributed by atoms with Gasteiger partial charge in [0, 0.05) is 13.0 Å². The van der Waals surface area contributed by atoms with Gasteiger partial charge in [0.05, 0.1) is 12.6 Å². The molecule has 0 aromatic carbocycles. The molecule has 1 amide bonds. The van der Waals surface area contributed by atoms with Crippen LogP contribution in [0.2, 0.25) is 0 Å². The molecule has 2 aliphatic rings. The number of nitrogens with one attached hydrogen (secondary N) is 1. The largest absolute Gasteiger partial charge is 0.335 e. The summed E-state index contributed by atoms with van der Waals surface area (Å²) in [5.74, 6) is -2.82. The maximum Gasteiger partial charge on any atom is 0.267 e. The zero-order valence-corrected chi connectivity index (χ0v) is 8.64. The molecular formula is C10H16F2N2O. The molecule has 0 radical (unpaired) electrons. The van der Waals surface area contributed by atoms with E-state index in [0.717, 1.165) is 25.8 Å². The number of hydrogen-bond acceptors (Lipinski definition) is 2. The van der Waals surface area contributed by atoms with E-state index in [1.165, 1.54) is 4.90 Å². The SMILES string of the molecule is O=C(C1CCCCN1)N1CCC(F)(F)C1. The number of amides is 1. The van der Waals surface area contributed by atoms with Crippen molar-refractivity contribution < 1.29 is 13.6 Å². The maximum absolute atomic E-state index is 12.9. The number of nitrogens with zero attached hydrogens (tertiary/aromatic N) is 1. The Balaban J connectivity index is 1.90. The highest BCUT2D eigenvalue weighted by molar-refractivity contribution is 5.82. The van der Waals surface area contributed by atoms with Gasteiger partial charge in [0.2, 0.25) is 5.91 Å². The first-order valence-electron chi connectivity index (χ1n) is 5.48.